The van der Waals surface area contributed by atoms with Crippen LogP contribution in [0.2, 0.25) is 6.32 Å². The fourth-order valence-electron chi connectivity index (χ4n) is 1.15. The van der Waals surface area contributed by atoms with Crippen LogP contribution < -0.4 is 0 Å². The Hall–Kier alpha value is -0.910. The Kier molecular flexibility index (Phi) is 3.21. The molecule has 56 valence electrons. The van der Waals surface area contributed by atoms with Gasteiger partial charge in [-0.2, -0.15) is 0 Å². The van der Waals surface area contributed by atoms with E-state index in [-0.39, 0.29) is 0 Å². The van der Waals surface area contributed by atoms with Crippen LogP contribution >= 0.6 is 0 Å². The Bertz CT molecular complexity index is 271. The summed E-state index contributed by atoms with van der Waals surface area (Å²) >= 11 is 0. The Morgan fingerprint density at radius 3 is 2.25 bits per heavy atom. The van der Waals surface area contributed by atoms with E-state index in [1.807, 2.05) is 37.3 Å². The number of rotatable bonds is 2. The van der Waals surface area contributed by atoms with Crippen LogP contribution in [0.3, 0.4) is 0 Å². The molecule has 4 radical (unpaired) electrons. The standard InChI is InChI=1S/C10H10B2/c1-8(12)10(7-11)9-5-3-2-4-6-9/h2-6H,7H2,1H3/b10-8-. The van der Waals surface area contributed by atoms with Crippen molar-refractivity contribution in [3.8, 4) is 0 Å². The van der Waals surface area contributed by atoms with Gasteiger partial charge in [-0.15, -0.1) is 5.47 Å². The zero-order chi connectivity index (χ0) is 8.97. The molecule has 2 heteroatoms. The van der Waals surface area contributed by atoms with Crippen molar-refractivity contribution in [1.29, 1.82) is 0 Å². The van der Waals surface area contributed by atoms with E-state index in [4.69, 9.17) is 15.7 Å². The summed E-state index contributed by atoms with van der Waals surface area (Å²) in [6, 6.07) is 9.96. The third-order valence-electron chi connectivity index (χ3n) is 1.80. The Balaban J connectivity index is 3.05. The molecule has 0 spiro atoms. The minimum Gasteiger partial charge on any atom is -0.118 e. The van der Waals surface area contributed by atoms with Crippen LogP contribution in [0.1, 0.15) is 12.5 Å². The normalized spacial score (nSPS) is 12.4. The summed E-state index contributed by atoms with van der Waals surface area (Å²) in [6.07, 6.45) is 0.492. The first-order chi connectivity index (χ1) is 5.75. The lowest BCUT2D eigenvalue weighted by Crippen LogP contribution is -1.88. The van der Waals surface area contributed by atoms with Gasteiger partial charge in [-0.1, -0.05) is 49.1 Å². The van der Waals surface area contributed by atoms with Gasteiger partial charge in [0.15, 0.2) is 0 Å². The molecule has 0 aliphatic heterocycles. The molecule has 1 aromatic carbocycles. The third kappa shape index (κ3) is 2.04. The van der Waals surface area contributed by atoms with Crippen LogP contribution in [-0.2, 0) is 0 Å². The van der Waals surface area contributed by atoms with Gasteiger partial charge in [0.25, 0.3) is 0 Å². The molecular formula is C10H10B2. The van der Waals surface area contributed by atoms with Crippen molar-refractivity contribution in [2.75, 3.05) is 0 Å². The molecule has 0 heterocycles. The molecule has 1 rings (SSSR count). The first-order valence-electron chi connectivity index (χ1n) is 3.96. The van der Waals surface area contributed by atoms with Crippen molar-refractivity contribution in [2.45, 2.75) is 13.2 Å². The molecule has 0 saturated heterocycles. The Morgan fingerprint density at radius 1 is 1.25 bits per heavy atom. The van der Waals surface area contributed by atoms with Gasteiger partial charge >= 0.3 is 0 Å². The predicted molar refractivity (Wildman–Crippen MR) is 55.4 cm³/mol. The molecule has 0 atom stereocenters. The molecule has 0 nitrogen and oxygen atoms in total. The highest BCUT2D eigenvalue weighted by atomic mass is 14.0. The van der Waals surface area contributed by atoms with E-state index >= 15 is 0 Å². The van der Waals surface area contributed by atoms with E-state index in [1.165, 1.54) is 0 Å². The minimum atomic E-state index is 0.492. The average molecular weight is 152 g/mol. The van der Waals surface area contributed by atoms with E-state index in [0.717, 1.165) is 16.6 Å². The molecule has 0 aliphatic rings. The average Bonchev–Trinajstić information content (AvgIpc) is 2.07. The summed E-state index contributed by atoms with van der Waals surface area (Å²) in [5.41, 5.74) is 2.93. The van der Waals surface area contributed by atoms with Gasteiger partial charge in [-0.05, 0) is 5.56 Å². The third-order valence-corrected chi connectivity index (χ3v) is 1.80. The van der Waals surface area contributed by atoms with E-state index in [2.05, 4.69) is 0 Å². The monoisotopic (exact) mass is 152 g/mol. The first kappa shape index (κ1) is 9.18. The summed E-state index contributed by atoms with van der Waals surface area (Å²) in [4.78, 5) is 0. The fraction of sp³-hybridized carbons (Fsp3) is 0.200. The lowest BCUT2D eigenvalue weighted by atomic mass is 9.81. The van der Waals surface area contributed by atoms with E-state index in [0.29, 0.717) is 6.32 Å². The SMILES string of the molecule is [B]C/C(=C(/[B])C)c1ccccc1. The second kappa shape index (κ2) is 4.20. The molecule has 0 amide bonds. The Labute approximate surface area is 76.5 Å². The van der Waals surface area contributed by atoms with Crippen LogP contribution in [0.25, 0.3) is 5.57 Å². The summed E-state index contributed by atoms with van der Waals surface area (Å²) in [5, 5.41) is 0. The lowest BCUT2D eigenvalue weighted by Gasteiger charge is -2.07. The molecule has 0 aromatic heterocycles. The van der Waals surface area contributed by atoms with Gasteiger partial charge in [0, 0.05) is 0 Å². The van der Waals surface area contributed by atoms with Gasteiger partial charge in [0.05, 0.1) is 7.85 Å². The number of hydrogen-bond acceptors (Lipinski definition) is 0. The van der Waals surface area contributed by atoms with Crippen molar-refractivity contribution in [1.82, 2.24) is 0 Å². The van der Waals surface area contributed by atoms with Crippen molar-refractivity contribution in [3.05, 3.63) is 41.4 Å². The van der Waals surface area contributed by atoms with Crippen molar-refractivity contribution < 1.29 is 0 Å². The molecular weight excluding hydrogens is 142 g/mol. The minimum absolute atomic E-state index is 0.492. The molecule has 0 N–H and O–H groups in total. The van der Waals surface area contributed by atoms with Crippen LogP contribution in [-0.4, -0.2) is 15.7 Å². The molecule has 1 aromatic rings. The summed E-state index contributed by atoms with van der Waals surface area (Å²) in [7, 11) is 11.2. The van der Waals surface area contributed by atoms with Crippen molar-refractivity contribution >= 4 is 21.3 Å². The predicted octanol–water partition coefficient (Wildman–Crippen LogP) is 2.17. The van der Waals surface area contributed by atoms with E-state index in [1.54, 1.807) is 0 Å². The summed E-state index contributed by atoms with van der Waals surface area (Å²) < 4.78 is 0. The second-order valence-electron chi connectivity index (χ2n) is 2.73. The largest absolute Gasteiger partial charge is 0.118 e. The molecule has 0 saturated carbocycles. The number of allylic oxidation sites excluding steroid dienone is 2. The Morgan fingerprint density at radius 2 is 1.83 bits per heavy atom. The van der Waals surface area contributed by atoms with Gasteiger partial charge < -0.3 is 0 Å². The molecule has 0 bridgehead atoms. The molecule has 0 fully saturated rings. The van der Waals surface area contributed by atoms with Gasteiger partial charge in [-0.25, -0.2) is 0 Å². The highest BCUT2D eigenvalue weighted by Gasteiger charge is 1.97. The summed E-state index contributed by atoms with van der Waals surface area (Å²) in [5.74, 6) is 0. The van der Waals surface area contributed by atoms with E-state index < -0.39 is 0 Å². The molecule has 12 heavy (non-hydrogen) atoms. The number of hydrogen-bond donors (Lipinski definition) is 0. The lowest BCUT2D eigenvalue weighted by molar-refractivity contribution is 1.51. The zero-order valence-electron chi connectivity index (χ0n) is 7.25. The van der Waals surface area contributed by atoms with Gasteiger partial charge in [0.2, 0.25) is 0 Å². The highest BCUT2D eigenvalue weighted by Crippen LogP contribution is 2.19. The van der Waals surface area contributed by atoms with Crippen LogP contribution in [0.4, 0.5) is 0 Å². The molecule has 0 unspecified atom stereocenters. The summed E-state index contributed by atoms with van der Waals surface area (Å²) in [6.45, 7) is 1.87. The maximum atomic E-state index is 5.68. The maximum absolute atomic E-state index is 5.68. The number of benzene rings is 1. The second-order valence-corrected chi connectivity index (χ2v) is 2.73. The van der Waals surface area contributed by atoms with Crippen molar-refractivity contribution in [2.24, 2.45) is 0 Å². The topological polar surface area (TPSA) is 0 Å². The van der Waals surface area contributed by atoms with Crippen LogP contribution in [0, 0.1) is 0 Å². The molecule has 0 aliphatic carbocycles. The quantitative estimate of drug-likeness (QED) is 0.569. The smallest absolute Gasteiger partial charge is 0.107 e. The highest BCUT2D eigenvalue weighted by molar-refractivity contribution is 6.27. The maximum Gasteiger partial charge on any atom is 0.107 e. The van der Waals surface area contributed by atoms with Crippen LogP contribution in [0.15, 0.2) is 35.8 Å². The van der Waals surface area contributed by atoms with Crippen LogP contribution in [0.5, 0.6) is 0 Å². The van der Waals surface area contributed by atoms with Gasteiger partial charge in [-0.3, -0.25) is 0 Å². The first-order valence-corrected chi connectivity index (χ1v) is 3.96. The van der Waals surface area contributed by atoms with E-state index in [9.17, 15) is 0 Å². The van der Waals surface area contributed by atoms with Crippen molar-refractivity contribution in [3.63, 3.8) is 0 Å². The fourth-order valence-corrected chi connectivity index (χ4v) is 1.15. The zero-order valence-corrected chi connectivity index (χ0v) is 7.25. The van der Waals surface area contributed by atoms with Gasteiger partial charge in [0.1, 0.15) is 7.85 Å².